The lowest BCUT2D eigenvalue weighted by Gasteiger charge is -2.20. The Bertz CT molecular complexity index is 437. The van der Waals surface area contributed by atoms with Crippen molar-refractivity contribution in [3.05, 3.63) is 29.6 Å². The van der Waals surface area contributed by atoms with Gasteiger partial charge < -0.3 is 0 Å². The quantitative estimate of drug-likeness (QED) is 0.790. The topological polar surface area (TPSA) is 59.1 Å². The van der Waals surface area contributed by atoms with E-state index in [-0.39, 0.29) is 17.7 Å². The lowest BCUT2D eigenvalue weighted by molar-refractivity contribution is -0.134. The van der Waals surface area contributed by atoms with Gasteiger partial charge in [0.25, 0.3) is 0 Å². The zero-order valence-corrected chi connectivity index (χ0v) is 10.1. The number of amides is 2. The van der Waals surface area contributed by atoms with Crippen molar-refractivity contribution in [2.24, 2.45) is 0 Å². The molecule has 1 atom stereocenters. The van der Waals surface area contributed by atoms with Gasteiger partial charge in [-0.3, -0.25) is 19.9 Å². The Labute approximate surface area is 100 Å². The second-order valence-corrected chi connectivity index (χ2v) is 4.67. The van der Waals surface area contributed by atoms with E-state index in [0.717, 1.165) is 11.3 Å². The summed E-state index contributed by atoms with van der Waals surface area (Å²) >= 11 is 0. The molecule has 1 unspecified atom stereocenters. The summed E-state index contributed by atoms with van der Waals surface area (Å²) in [5.41, 5.74) is 1.90. The standard InChI is InChI=1S/C13H16N2O2/c1-8(2)9-3-5-11(14-7-9)10-4-6-12(16)15-13(10)17/h3,5,7-8,10H,4,6H2,1-2H3,(H,15,16,17). The van der Waals surface area contributed by atoms with Crippen LogP contribution in [-0.2, 0) is 9.59 Å². The van der Waals surface area contributed by atoms with Crippen molar-refractivity contribution in [3.63, 3.8) is 0 Å². The molecule has 2 amide bonds. The Morgan fingerprint density at radius 1 is 1.35 bits per heavy atom. The van der Waals surface area contributed by atoms with E-state index in [2.05, 4.69) is 24.1 Å². The summed E-state index contributed by atoms with van der Waals surface area (Å²) in [7, 11) is 0. The number of hydrogen-bond acceptors (Lipinski definition) is 3. The van der Waals surface area contributed by atoms with Crippen molar-refractivity contribution in [1.29, 1.82) is 0 Å². The van der Waals surface area contributed by atoms with E-state index in [0.29, 0.717) is 18.8 Å². The van der Waals surface area contributed by atoms with E-state index in [1.165, 1.54) is 0 Å². The van der Waals surface area contributed by atoms with Crippen LogP contribution in [0.5, 0.6) is 0 Å². The molecular weight excluding hydrogens is 216 g/mol. The third-order valence-electron chi connectivity index (χ3n) is 3.07. The van der Waals surface area contributed by atoms with Gasteiger partial charge in [0.05, 0.1) is 11.6 Å². The van der Waals surface area contributed by atoms with Crippen LogP contribution in [0.15, 0.2) is 18.3 Å². The van der Waals surface area contributed by atoms with E-state index in [1.807, 2.05) is 18.3 Å². The Balaban J connectivity index is 2.17. The SMILES string of the molecule is CC(C)c1ccc(C2CCC(=O)NC2=O)nc1. The summed E-state index contributed by atoms with van der Waals surface area (Å²) in [6, 6.07) is 3.88. The minimum absolute atomic E-state index is 0.190. The molecule has 0 radical (unpaired) electrons. The van der Waals surface area contributed by atoms with Crippen LogP contribution in [0.1, 0.15) is 49.8 Å². The molecule has 0 bridgehead atoms. The molecule has 1 fully saturated rings. The summed E-state index contributed by atoms with van der Waals surface area (Å²) in [6.07, 6.45) is 2.76. The molecule has 1 saturated heterocycles. The molecule has 1 aromatic heterocycles. The molecule has 1 aliphatic heterocycles. The van der Waals surface area contributed by atoms with Crippen LogP contribution >= 0.6 is 0 Å². The third kappa shape index (κ3) is 2.52. The molecule has 17 heavy (non-hydrogen) atoms. The first-order valence-corrected chi connectivity index (χ1v) is 5.87. The van der Waals surface area contributed by atoms with Crippen molar-refractivity contribution in [2.45, 2.75) is 38.5 Å². The number of nitrogens with one attached hydrogen (secondary N) is 1. The average molecular weight is 232 g/mol. The number of rotatable bonds is 2. The Morgan fingerprint density at radius 2 is 2.12 bits per heavy atom. The first-order chi connectivity index (χ1) is 8.08. The fraction of sp³-hybridized carbons (Fsp3) is 0.462. The summed E-state index contributed by atoms with van der Waals surface area (Å²) in [6.45, 7) is 4.20. The predicted molar refractivity (Wildman–Crippen MR) is 63.5 cm³/mol. The van der Waals surface area contributed by atoms with Gasteiger partial charge in [-0.05, 0) is 24.0 Å². The highest BCUT2D eigenvalue weighted by atomic mass is 16.2. The van der Waals surface area contributed by atoms with Gasteiger partial charge in [-0.1, -0.05) is 19.9 Å². The molecule has 1 aliphatic rings. The molecule has 2 rings (SSSR count). The molecule has 0 aliphatic carbocycles. The molecule has 0 spiro atoms. The molecule has 4 heteroatoms. The summed E-state index contributed by atoms with van der Waals surface area (Å²) in [4.78, 5) is 27.0. The molecule has 4 nitrogen and oxygen atoms in total. The Hall–Kier alpha value is -1.71. The van der Waals surface area contributed by atoms with Crippen LogP contribution < -0.4 is 5.32 Å². The minimum atomic E-state index is -0.283. The maximum Gasteiger partial charge on any atom is 0.235 e. The van der Waals surface area contributed by atoms with E-state index >= 15 is 0 Å². The van der Waals surface area contributed by atoms with Gasteiger partial charge >= 0.3 is 0 Å². The number of pyridine rings is 1. The molecular formula is C13H16N2O2. The second kappa shape index (κ2) is 4.65. The number of imide groups is 1. The molecule has 0 saturated carbocycles. The van der Waals surface area contributed by atoms with Gasteiger partial charge in [-0.2, -0.15) is 0 Å². The Kier molecular flexibility index (Phi) is 3.22. The highest BCUT2D eigenvalue weighted by Gasteiger charge is 2.28. The fourth-order valence-electron chi connectivity index (χ4n) is 1.94. The van der Waals surface area contributed by atoms with Gasteiger partial charge in [0, 0.05) is 12.6 Å². The fourth-order valence-corrected chi connectivity index (χ4v) is 1.94. The van der Waals surface area contributed by atoms with E-state index < -0.39 is 0 Å². The van der Waals surface area contributed by atoms with Gasteiger partial charge in [-0.15, -0.1) is 0 Å². The molecule has 2 heterocycles. The van der Waals surface area contributed by atoms with E-state index in [4.69, 9.17) is 0 Å². The number of carbonyl (C=O) groups is 2. The van der Waals surface area contributed by atoms with Crippen LogP contribution in [0.25, 0.3) is 0 Å². The Morgan fingerprint density at radius 3 is 2.65 bits per heavy atom. The van der Waals surface area contributed by atoms with Crippen molar-refractivity contribution >= 4 is 11.8 Å². The van der Waals surface area contributed by atoms with Gasteiger partial charge in [0.15, 0.2) is 0 Å². The molecule has 90 valence electrons. The van der Waals surface area contributed by atoms with E-state index in [1.54, 1.807) is 0 Å². The zero-order chi connectivity index (χ0) is 12.4. The van der Waals surface area contributed by atoms with E-state index in [9.17, 15) is 9.59 Å². The van der Waals surface area contributed by atoms with Crippen LogP contribution in [0.3, 0.4) is 0 Å². The van der Waals surface area contributed by atoms with Crippen LogP contribution in [-0.4, -0.2) is 16.8 Å². The maximum absolute atomic E-state index is 11.7. The number of carbonyl (C=O) groups excluding carboxylic acids is 2. The number of nitrogens with zero attached hydrogens (tertiary/aromatic N) is 1. The molecule has 1 aromatic rings. The summed E-state index contributed by atoms with van der Waals surface area (Å²) < 4.78 is 0. The van der Waals surface area contributed by atoms with Crippen molar-refractivity contribution < 1.29 is 9.59 Å². The normalized spacial score (nSPS) is 20.5. The number of aromatic nitrogens is 1. The maximum atomic E-state index is 11.7. The van der Waals surface area contributed by atoms with Gasteiger partial charge in [0.2, 0.25) is 11.8 Å². The lowest BCUT2D eigenvalue weighted by atomic mass is 9.93. The van der Waals surface area contributed by atoms with Crippen molar-refractivity contribution in [3.8, 4) is 0 Å². The minimum Gasteiger partial charge on any atom is -0.296 e. The van der Waals surface area contributed by atoms with Crippen molar-refractivity contribution in [1.82, 2.24) is 10.3 Å². The highest BCUT2D eigenvalue weighted by molar-refractivity contribution is 6.00. The van der Waals surface area contributed by atoms with Crippen LogP contribution in [0.2, 0.25) is 0 Å². The van der Waals surface area contributed by atoms with Gasteiger partial charge in [-0.25, -0.2) is 0 Å². The second-order valence-electron chi connectivity index (χ2n) is 4.67. The van der Waals surface area contributed by atoms with Gasteiger partial charge in [0.1, 0.15) is 0 Å². The summed E-state index contributed by atoms with van der Waals surface area (Å²) in [5, 5.41) is 2.35. The number of piperidine rings is 1. The zero-order valence-electron chi connectivity index (χ0n) is 10.1. The first kappa shape index (κ1) is 11.8. The van der Waals surface area contributed by atoms with Crippen LogP contribution in [0, 0.1) is 0 Å². The van der Waals surface area contributed by atoms with Crippen molar-refractivity contribution in [2.75, 3.05) is 0 Å². The lowest BCUT2D eigenvalue weighted by Crippen LogP contribution is -2.39. The first-order valence-electron chi connectivity index (χ1n) is 5.87. The highest BCUT2D eigenvalue weighted by Crippen LogP contribution is 2.24. The third-order valence-corrected chi connectivity index (χ3v) is 3.07. The average Bonchev–Trinajstić information content (AvgIpc) is 2.29. The largest absolute Gasteiger partial charge is 0.296 e. The molecule has 0 aromatic carbocycles. The van der Waals surface area contributed by atoms with Crippen LogP contribution in [0.4, 0.5) is 0 Å². The smallest absolute Gasteiger partial charge is 0.235 e. The monoisotopic (exact) mass is 232 g/mol. The molecule has 1 N–H and O–H groups in total. The number of hydrogen-bond donors (Lipinski definition) is 1. The predicted octanol–water partition coefficient (Wildman–Crippen LogP) is 1.73. The summed E-state index contributed by atoms with van der Waals surface area (Å²) in [5.74, 6) is -0.275.